The van der Waals surface area contributed by atoms with Gasteiger partial charge in [-0.05, 0) is 23.3 Å². The van der Waals surface area contributed by atoms with Crippen LogP contribution in [0.1, 0.15) is 17.0 Å². The number of nitrogens with zero attached hydrogens (tertiary/aromatic N) is 1. The summed E-state index contributed by atoms with van der Waals surface area (Å²) in [7, 11) is 0. The first kappa shape index (κ1) is 15.6. The minimum absolute atomic E-state index is 0.0864. The Labute approximate surface area is 133 Å². The first-order valence-corrected chi connectivity index (χ1v) is 8.01. The third kappa shape index (κ3) is 4.35. The van der Waals surface area contributed by atoms with E-state index in [1.165, 1.54) is 11.8 Å². The quantitative estimate of drug-likeness (QED) is 0.586. The van der Waals surface area contributed by atoms with E-state index in [9.17, 15) is 10.1 Å². The van der Waals surface area contributed by atoms with Crippen LogP contribution in [0.5, 0.6) is 0 Å². The molecule has 0 aliphatic heterocycles. The maximum Gasteiger partial charge on any atom is 0.158 e. The molecule has 0 radical (unpaired) electrons. The summed E-state index contributed by atoms with van der Waals surface area (Å²) in [6.45, 7) is 0. The summed E-state index contributed by atoms with van der Waals surface area (Å²) in [5.74, 6) is -0.821. The van der Waals surface area contributed by atoms with Crippen LogP contribution in [-0.4, -0.2) is 11.0 Å². The topological polar surface area (TPSA) is 40.9 Å². The van der Waals surface area contributed by atoms with Crippen LogP contribution in [0, 0.1) is 11.3 Å². The molecule has 106 valence electrons. The maximum absolute atomic E-state index is 12.4. The number of thioether (sulfide) groups is 1. The summed E-state index contributed by atoms with van der Waals surface area (Å²) < 4.78 is 0. The lowest BCUT2D eigenvalue weighted by Gasteiger charge is -2.10. The minimum atomic E-state index is -0.735. The number of Topliss-reactive ketones (excluding diaryl/α,β-unsaturated/α-hetero) is 1. The van der Waals surface area contributed by atoms with Crippen LogP contribution in [0.4, 0.5) is 0 Å². The van der Waals surface area contributed by atoms with Crippen molar-refractivity contribution in [2.45, 2.75) is 17.2 Å². The second-order valence-corrected chi connectivity index (χ2v) is 6.15. The first-order chi connectivity index (χ1) is 10.2. The normalized spacial score (nSPS) is 11.6. The van der Waals surface area contributed by atoms with Crippen molar-refractivity contribution >= 4 is 29.1 Å². The fourth-order valence-corrected chi connectivity index (χ4v) is 2.98. The molecule has 0 saturated heterocycles. The molecule has 2 nitrogen and oxygen atoms in total. The molecule has 1 atom stereocenters. The van der Waals surface area contributed by atoms with E-state index in [4.69, 9.17) is 11.6 Å². The van der Waals surface area contributed by atoms with E-state index >= 15 is 0 Å². The van der Waals surface area contributed by atoms with Gasteiger partial charge in [-0.25, -0.2) is 0 Å². The molecule has 0 aromatic heterocycles. The Bertz CT molecular complexity index is 651. The zero-order valence-corrected chi connectivity index (χ0v) is 12.9. The predicted molar refractivity (Wildman–Crippen MR) is 86.5 cm³/mol. The molecule has 2 aromatic rings. The van der Waals surface area contributed by atoms with Gasteiger partial charge in [0.15, 0.2) is 5.78 Å². The van der Waals surface area contributed by atoms with Crippen LogP contribution in [0.25, 0.3) is 0 Å². The molecule has 0 saturated carbocycles. The molecule has 0 bridgehead atoms. The summed E-state index contributed by atoms with van der Waals surface area (Å²) in [5, 5.41) is 9.79. The summed E-state index contributed by atoms with van der Waals surface area (Å²) in [6, 6.07) is 19.0. The number of rotatable bonds is 6. The molecule has 21 heavy (non-hydrogen) atoms. The van der Waals surface area contributed by atoms with Crippen molar-refractivity contribution in [2.75, 3.05) is 5.21 Å². The van der Waals surface area contributed by atoms with Crippen LogP contribution in [-0.2, 0) is 11.2 Å². The SMILES string of the molecule is N#CC(C(=O)Cc1ccccc1)c1cccc(SCCl)c1. The molecule has 1 unspecified atom stereocenters. The van der Waals surface area contributed by atoms with Crippen LogP contribution < -0.4 is 0 Å². The third-order valence-electron chi connectivity index (χ3n) is 3.08. The summed E-state index contributed by atoms with van der Waals surface area (Å²) >= 11 is 7.18. The van der Waals surface area contributed by atoms with Gasteiger partial charge in [-0.15, -0.1) is 23.4 Å². The lowest BCUT2D eigenvalue weighted by atomic mass is 9.92. The molecule has 0 heterocycles. The number of benzene rings is 2. The number of halogens is 1. The van der Waals surface area contributed by atoms with E-state index in [1.54, 1.807) is 0 Å². The van der Waals surface area contributed by atoms with Gasteiger partial charge >= 0.3 is 0 Å². The van der Waals surface area contributed by atoms with Crippen LogP contribution >= 0.6 is 23.4 Å². The molecule has 2 rings (SSSR count). The summed E-state index contributed by atoms with van der Waals surface area (Å²) in [5.41, 5.74) is 1.66. The van der Waals surface area contributed by atoms with Gasteiger partial charge in [0, 0.05) is 11.3 Å². The fraction of sp³-hybridized carbons (Fsp3) is 0.176. The number of hydrogen-bond acceptors (Lipinski definition) is 3. The lowest BCUT2D eigenvalue weighted by molar-refractivity contribution is -0.118. The Morgan fingerprint density at radius 1 is 1.19 bits per heavy atom. The van der Waals surface area contributed by atoms with Crippen molar-refractivity contribution in [3.63, 3.8) is 0 Å². The Kier molecular flexibility index (Phi) is 5.86. The Hall–Kier alpha value is -1.76. The molecule has 4 heteroatoms. The lowest BCUT2D eigenvalue weighted by Crippen LogP contribution is -2.13. The zero-order chi connectivity index (χ0) is 15.1. The second kappa shape index (κ2) is 7.87. The van der Waals surface area contributed by atoms with Gasteiger partial charge in [0.1, 0.15) is 5.92 Å². The van der Waals surface area contributed by atoms with Crippen molar-refractivity contribution in [3.8, 4) is 6.07 Å². The van der Waals surface area contributed by atoms with Gasteiger partial charge in [0.2, 0.25) is 0 Å². The highest BCUT2D eigenvalue weighted by molar-refractivity contribution is 8.00. The zero-order valence-electron chi connectivity index (χ0n) is 11.3. The average Bonchev–Trinajstić information content (AvgIpc) is 2.50. The van der Waals surface area contributed by atoms with Crippen molar-refractivity contribution < 1.29 is 4.79 Å². The number of nitriles is 1. The van der Waals surface area contributed by atoms with Crippen LogP contribution in [0.3, 0.4) is 0 Å². The van der Waals surface area contributed by atoms with E-state index in [2.05, 4.69) is 6.07 Å². The highest BCUT2D eigenvalue weighted by atomic mass is 35.5. The molecule has 0 fully saturated rings. The summed E-state index contributed by atoms with van der Waals surface area (Å²) in [4.78, 5) is 13.3. The Balaban J connectivity index is 2.17. The van der Waals surface area contributed by atoms with Crippen LogP contribution in [0.2, 0.25) is 0 Å². The van der Waals surface area contributed by atoms with Crippen molar-refractivity contribution in [1.82, 2.24) is 0 Å². The average molecular weight is 316 g/mol. The molecule has 0 spiro atoms. The van der Waals surface area contributed by atoms with E-state index in [1.807, 2.05) is 54.6 Å². The van der Waals surface area contributed by atoms with Gasteiger partial charge in [0.05, 0.1) is 11.3 Å². The molecular weight excluding hydrogens is 302 g/mol. The predicted octanol–water partition coefficient (Wildman–Crippen LogP) is 4.39. The second-order valence-electron chi connectivity index (χ2n) is 4.52. The minimum Gasteiger partial charge on any atom is -0.297 e. The molecule has 0 amide bonds. The van der Waals surface area contributed by atoms with Crippen molar-refractivity contribution in [2.24, 2.45) is 0 Å². The summed E-state index contributed by atoms with van der Waals surface area (Å²) in [6.07, 6.45) is 0.270. The van der Waals surface area contributed by atoms with Crippen LogP contribution in [0.15, 0.2) is 59.5 Å². The molecular formula is C17H14ClNOS. The van der Waals surface area contributed by atoms with Gasteiger partial charge in [-0.1, -0.05) is 42.5 Å². The van der Waals surface area contributed by atoms with Crippen molar-refractivity contribution in [3.05, 3.63) is 65.7 Å². The highest BCUT2D eigenvalue weighted by Gasteiger charge is 2.20. The third-order valence-corrected chi connectivity index (χ3v) is 4.11. The number of carbonyl (C=O) groups excluding carboxylic acids is 1. The van der Waals surface area contributed by atoms with Crippen molar-refractivity contribution in [1.29, 1.82) is 5.26 Å². The first-order valence-electron chi connectivity index (χ1n) is 6.49. The maximum atomic E-state index is 12.4. The van der Waals surface area contributed by atoms with E-state index in [0.29, 0.717) is 5.21 Å². The molecule has 0 N–H and O–H groups in total. The monoisotopic (exact) mass is 315 g/mol. The number of hydrogen-bond donors (Lipinski definition) is 0. The van der Waals surface area contributed by atoms with Gasteiger partial charge in [-0.2, -0.15) is 5.26 Å². The largest absolute Gasteiger partial charge is 0.297 e. The van der Waals surface area contributed by atoms with E-state index < -0.39 is 5.92 Å². The molecule has 0 aliphatic carbocycles. The molecule has 0 aliphatic rings. The smallest absolute Gasteiger partial charge is 0.158 e. The van der Waals surface area contributed by atoms with Gasteiger partial charge in [0.25, 0.3) is 0 Å². The fourth-order valence-electron chi connectivity index (χ4n) is 2.08. The standard InChI is InChI=1S/C17H14ClNOS/c18-12-21-15-8-4-7-14(10-15)16(11-19)17(20)9-13-5-2-1-3-6-13/h1-8,10,16H,9,12H2. The van der Waals surface area contributed by atoms with Gasteiger partial charge < -0.3 is 0 Å². The highest BCUT2D eigenvalue weighted by Crippen LogP contribution is 2.25. The number of ketones is 1. The number of alkyl halides is 1. The molecule has 2 aromatic carbocycles. The Morgan fingerprint density at radius 2 is 1.95 bits per heavy atom. The van der Waals surface area contributed by atoms with Gasteiger partial charge in [-0.3, -0.25) is 4.79 Å². The Morgan fingerprint density at radius 3 is 2.62 bits per heavy atom. The van der Waals surface area contributed by atoms with E-state index in [-0.39, 0.29) is 12.2 Å². The van der Waals surface area contributed by atoms with E-state index in [0.717, 1.165) is 16.0 Å². The number of carbonyl (C=O) groups is 1.